The van der Waals surface area contributed by atoms with Crippen molar-refractivity contribution in [2.24, 2.45) is 0 Å². The van der Waals surface area contributed by atoms with Crippen molar-refractivity contribution < 1.29 is 38.4 Å². The molecule has 3 aliphatic heterocycles. The molecule has 0 spiro atoms. The predicted molar refractivity (Wildman–Crippen MR) is 178 cm³/mol. The highest BCUT2D eigenvalue weighted by Crippen LogP contribution is 2.38. The molecule has 3 heterocycles. The molecule has 2 fully saturated rings. The van der Waals surface area contributed by atoms with Crippen LogP contribution in [0.2, 0.25) is 0 Å². The van der Waals surface area contributed by atoms with Crippen LogP contribution in [0.15, 0.2) is 24.3 Å². The minimum Gasteiger partial charge on any atom is -0.493 e. The molecule has 2 aromatic carbocycles. The molecule has 4 atom stereocenters. The Balaban J connectivity index is 1.20. The van der Waals surface area contributed by atoms with Crippen molar-refractivity contribution in [3.8, 4) is 23.0 Å². The van der Waals surface area contributed by atoms with Crippen molar-refractivity contribution in [1.29, 1.82) is 0 Å². The van der Waals surface area contributed by atoms with Gasteiger partial charge in [0.1, 0.15) is 5.44 Å². The molecule has 46 heavy (non-hydrogen) atoms. The number of ether oxygens (including phenoxy) is 5. The van der Waals surface area contributed by atoms with E-state index < -0.39 is 6.10 Å². The van der Waals surface area contributed by atoms with E-state index >= 15 is 0 Å². The van der Waals surface area contributed by atoms with Crippen molar-refractivity contribution in [1.82, 2.24) is 9.80 Å². The SMILES string of the molecule is CCOC(SCC)[C@@H]1C[C@@H](O)CN1C(=O)c1cc(OC)c(OCCCOc2cc3c(cc2OC)C(=O)N2CCC[C@H]2CN3)cc1N. The fourth-order valence-electron chi connectivity index (χ4n) is 6.40. The van der Waals surface area contributed by atoms with Crippen LogP contribution in [0, 0.1) is 0 Å². The molecule has 0 saturated carbocycles. The molecule has 2 aromatic rings. The van der Waals surface area contributed by atoms with Crippen molar-refractivity contribution >= 4 is 35.0 Å². The number of anilines is 2. The summed E-state index contributed by atoms with van der Waals surface area (Å²) >= 11 is 1.62. The molecule has 1 unspecified atom stereocenters. The van der Waals surface area contributed by atoms with E-state index in [1.54, 1.807) is 42.0 Å². The fraction of sp³-hybridized carbons (Fsp3) is 0.576. The second kappa shape index (κ2) is 15.4. The summed E-state index contributed by atoms with van der Waals surface area (Å²) in [5.74, 6) is 2.38. The average molecular weight is 659 g/mol. The summed E-state index contributed by atoms with van der Waals surface area (Å²) < 4.78 is 29.1. The molecular weight excluding hydrogens is 612 g/mol. The Labute approximate surface area is 274 Å². The van der Waals surface area contributed by atoms with E-state index in [-0.39, 0.29) is 47.1 Å². The molecule has 0 aromatic heterocycles. The Bertz CT molecular complexity index is 1390. The van der Waals surface area contributed by atoms with Gasteiger partial charge in [-0.05, 0) is 44.1 Å². The Hall–Kier alpha value is -3.55. The molecule has 0 bridgehead atoms. The second-order valence-corrected chi connectivity index (χ2v) is 12.9. The number of β-amino-alcohol motifs (C(OH)–C–C–N with tert-alkyl or cyclic N) is 1. The van der Waals surface area contributed by atoms with Crippen LogP contribution in [-0.2, 0) is 4.74 Å². The Morgan fingerprint density at radius 2 is 1.80 bits per heavy atom. The minimum atomic E-state index is -0.635. The number of nitrogen functional groups attached to an aromatic ring is 1. The lowest BCUT2D eigenvalue weighted by Crippen LogP contribution is -2.43. The van der Waals surface area contributed by atoms with Crippen LogP contribution in [0.5, 0.6) is 23.0 Å². The van der Waals surface area contributed by atoms with Gasteiger partial charge in [-0.2, -0.15) is 0 Å². The zero-order chi connectivity index (χ0) is 32.8. The number of benzene rings is 2. The zero-order valence-corrected chi connectivity index (χ0v) is 27.9. The summed E-state index contributed by atoms with van der Waals surface area (Å²) in [6.07, 6.45) is 2.36. The van der Waals surface area contributed by atoms with Gasteiger partial charge in [0, 0.05) is 56.5 Å². The van der Waals surface area contributed by atoms with E-state index in [1.165, 1.54) is 7.11 Å². The first-order valence-corrected chi connectivity index (χ1v) is 17.1. The lowest BCUT2D eigenvalue weighted by atomic mass is 10.1. The first-order valence-electron chi connectivity index (χ1n) is 16.0. The minimum absolute atomic E-state index is 0.0183. The second-order valence-electron chi connectivity index (χ2n) is 11.6. The molecule has 4 N–H and O–H groups in total. The zero-order valence-electron chi connectivity index (χ0n) is 27.1. The van der Waals surface area contributed by atoms with Crippen molar-refractivity contribution in [3.05, 3.63) is 35.4 Å². The van der Waals surface area contributed by atoms with E-state index in [0.29, 0.717) is 67.8 Å². The number of carbonyl (C=O) groups is 2. The number of carbonyl (C=O) groups excluding carboxylic acids is 2. The third-order valence-electron chi connectivity index (χ3n) is 8.63. The van der Waals surface area contributed by atoms with E-state index in [2.05, 4.69) is 5.32 Å². The number of likely N-dealkylation sites (tertiary alicyclic amines) is 1. The summed E-state index contributed by atoms with van der Waals surface area (Å²) in [4.78, 5) is 30.5. The highest BCUT2D eigenvalue weighted by molar-refractivity contribution is 7.99. The van der Waals surface area contributed by atoms with Crippen LogP contribution < -0.4 is 30.0 Å². The van der Waals surface area contributed by atoms with Crippen molar-refractivity contribution in [2.45, 2.75) is 63.2 Å². The average Bonchev–Trinajstić information content (AvgIpc) is 3.66. The monoisotopic (exact) mass is 658 g/mol. The smallest absolute Gasteiger partial charge is 0.256 e. The number of thioether (sulfide) groups is 1. The van der Waals surface area contributed by atoms with Crippen LogP contribution in [-0.4, -0.2) is 110 Å². The largest absolute Gasteiger partial charge is 0.493 e. The lowest BCUT2D eigenvalue weighted by Gasteiger charge is -2.31. The summed E-state index contributed by atoms with van der Waals surface area (Å²) in [5, 5.41) is 13.9. The summed E-state index contributed by atoms with van der Waals surface area (Å²) in [6, 6.07) is 6.69. The number of aliphatic hydroxyl groups is 1. The van der Waals surface area contributed by atoms with Gasteiger partial charge in [0.25, 0.3) is 11.8 Å². The van der Waals surface area contributed by atoms with Crippen LogP contribution in [0.3, 0.4) is 0 Å². The molecule has 3 aliphatic rings. The van der Waals surface area contributed by atoms with E-state index in [9.17, 15) is 14.7 Å². The van der Waals surface area contributed by atoms with E-state index in [4.69, 9.17) is 29.4 Å². The molecule has 0 radical (unpaired) electrons. The number of nitrogens with two attached hydrogens (primary N) is 1. The number of nitrogens with zero attached hydrogens (tertiary/aromatic N) is 2. The number of nitrogens with one attached hydrogen (secondary N) is 1. The third kappa shape index (κ3) is 7.21. The van der Waals surface area contributed by atoms with Gasteiger partial charge < -0.3 is 49.6 Å². The van der Waals surface area contributed by atoms with Crippen LogP contribution in [0.4, 0.5) is 11.4 Å². The van der Waals surface area contributed by atoms with Gasteiger partial charge >= 0.3 is 0 Å². The molecule has 5 rings (SSSR count). The van der Waals surface area contributed by atoms with E-state index in [0.717, 1.165) is 30.8 Å². The van der Waals surface area contributed by atoms with Gasteiger partial charge in [-0.3, -0.25) is 9.59 Å². The topological polar surface area (TPSA) is 145 Å². The Kier molecular flexibility index (Phi) is 11.3. The highest BCUT2D eigenvalue weighted by Gasteiger charge is 2.41. The quantitative estimate of drug-likeness (QED) is 0.155. The molecule has 2 saturated heterocycles. The van der Waals surface area contributed by atoms with Crippen LogP contribution >= 0.6 is 11.8 Å². The predicted octanol–water partition coefficient (Wildman–Crippen LogP) is 3.86. The summed E-state index contributed by atoms with van der Waals surface area (Å²) in [7, 11) is 3.07. The lowest BCUT2D eigenvalue weighted by molar-refractivity contribution is 0.0461. The molecule has 12 nitrogen and oxygen atoms in total. The maximum atomic E-state index is 13.7. The number of amides is 2. The number of hydrogen-bond donors (Lipinski definition) is 3. The van der Waals surface area contributed by atoms with Gasteiger partial charge in [-0.15, -0.1) is 11.8 Å². The van der Waals surface area contributed by atoms with Crippen molar-refractivity contribution in [3.63, 3.8) is 0 Å². The number of fused-ring (bicyclic) bond motifs is 2. The number of methoxy groups -OCH3 is 2. The van der Waals surface area contributed by atoms with Gasteiger partial charge in [0.15, 0.2) is 23.0 Å². The van der Waals surface area contributed by atoms with Gasteiger partial charge in [-0.1, -0.05) is 6.92 Å². The number of hydrogen-bond acceptors (Lipinski definition) is 11. The van der Waals surface area contributed by atoms with Gasteiger partial charge in [0.2, 0.25) is 0 Å². The Morgan fingerprint density at radius 1 is 1.09 bits per heavy atom. The first-order chi connectivity index (χ1) is 22.3. The van der Waals surface area contributed by atoms with Gasteiger partial charge in [0.05, 0.1) is 56.4 Å². The molecule has 13 heteroatoms. The Morgan fingerprint density at radius 3 is 2.50 bits per heavy atom. The van der Waals surface area contributed by atoms with Gasteiger partial charge in [-0.25, -0.2) is 0 Å². The highest BCUT2D eigenvalue weighted by atomic mass is 32.2. The molecule has 0 aliphatic carbocycles. The fourth-order valence-corrected chi connectivity index (χ4v) is 7.44. The van der Waals surface area contributed by atoms with E-state index in [1.807, 2.05) is 24.8 Å². The maximum Gasteiger partial charge on any atom is 0.256 e. The summed E-state index contributed by atoms with van der Waals surface area (Å²) in [6.45, 7) is 6.79. The third-order valence-corrected chi connectivity index (χ3v) is 9.74. The first kappa shape index (κ1) is 33.8. The van der Waals surface area contributed by atoms with Crippen LogP contribution in [0.25, 0.3) is 0 Å². The number of aliphatic hydroxyl groups excluding tert-OH is 1. The standard InChI is InChI=1S/C33H46N4O8S/c1-5-43-33(46-6-2)26-13-21(38)19-37(26)31(39)22-14-27(41-3)29(16-24(22)34)44-11-8-12-45-30-17-25-23(15-28(30)42-4)32(40)36-10-7-9-20(36)18-35-25/h14-17,20-21,26,33,35,38H,5-13,18-19,34H2,1-4H3/t20-,21+,26-,33?/m0/s1. The molecule has 252 valence electrons. The number of rotatable bonds is 14. The maximum absolute atomic E-state index is 13.7. The summed E-state index contributed by atoms with van der Waals surface area (Å²) in [5.41, 5.74) is 8.01. The van der Waals surface area contributed by atoms with Crippen LogP contribution in [0.1, 0.15) is 60.2 Å². The molecule has 2 amide bonds. The molecular formula is C33H46N4O8S. The normalized spacial score (nSPS) is 21.2. The van der Waals surface area contributed by atoms with Crippen molar-refractivity contribution in [2.75, 3.05) is 70.5 Å².